The molecule has 0 aliphatic carbocycles. The average molecular weight is 524 g/mol. The Hall–Kier alpha value is -2.23. The number of anilines is 2. The standard InChI is InChI=1S/C22H32N6O.HI/c1-23-22(24-15-17-8-5-12-21(25-17)27(2)3)26-18-9-7-13-28(16-18)19-10-6-11-20(14-19)29-4;/h5-6,8,10-12,14,18H,7,9,13,15-16H2,1-4H3,(H2,23,24,26);1H. The van der Waals surface area contributed by atoms with E-state index in [0.717, 1.165) is 49.2 Å². The van der Waals surface area contributed by atoms with Crippen molar-refractivity contribution in [2.45, 2.75) is 25.4 Å². The summed E-state index contributed by atoms with van der Waals surface area (Å²) in [6.45, 7) is 2.62. The van der Waals surface area contributed by atoms with Crippen molar-refractivity contribution in [3.05, 3.63) is 48.2 Å². The number of methoxy groups -OCH3 is 1. The van der Waals surface area contributed by atoms with Gasteiger partial charge in [0.2, 0.25) is 0 Å². The lowest BCUT2D eigenvalue weighted by Gasteiger charge is -2.35. The first kappa shape index (κ1) is 24.0. The van der Waals surface area contributed by atoms with E-state index in [-0.39, 0.29) is 24.0 Å². The molecule has 164 valence electrons. The van der Waals surface area contributed by atoms with Gasteiger partial charge in [0.15, 0.2) is 5.96 Å². The Balaban J connectivity index is 0.00000320. The van der Waals surface area contributed by atoms with Gasteiger partial charge in [-0.25, -0.2) is 4.98 Å². The number of piperidine rings is 1. The van der Waals surface area contributed by atoms with E-state index in [1.54, 1.807) is 7.11 Å². The molecule has 0 radical (unpaired) electrons. The van der Waals surface area contributed by atoms with Gasteiger partial charge in [-0.05, 0) is 37.1 Å². The lowest BCUT2D eigenvalue weighted by atomic mass is 10.0. The number of guanidine groups is 1. The van der Waals surface area contributed by atoms with Crippen molar-refractivity contribution in [2.75, 3.05) is 51.1 Å². The predicted octanol–water partition coefficient (Wildman–Crippen LogP) is 3.11. The van der Waals surface area contributed by atoms with Gasteiger partial charge in [-0.3, -0.25) is 4.99 Å². The molecule has 7 nitrogen and oxygen atoms in total. The molecule has 3 rings (SSSR count). The second kappa shape index (κ2) is 11.8. The minimum absolute atomic E-state index is 0. The number of hydrogen-bond donors (Lipinski definition) is 2. The van der Waals surface area contributed by atoms with Crippen LogP contribution in [0.3, 0.4) is 0 Å². The number of ether oxygens (including phenoxy) is 1. The highest BCUT2D eigenvalue weighted by atomic mass is 127. The second-order valence-electron chi connectivity index (χ2n) is 7.44. The van der Waals surface area contributed by atoms with E-state index in [0.29, 0.717) is 12.6 Å². The lowest BCUT2D eigenvalue weighted by Crippen LogP contribution is -2.51. The number of rotatable bonds is 6. The fourth-order valence-electron chi connectivity index (χ4n) is 3.51. The molecule has 0 bridgehead atoms. The van der Waals surface area contributed by atoms with Gasteiger partial charge in [-0.2, -0.15) is 0 Å². The third-order valence-electron chi connectivity index (χ3n) is 5.09. The first-order valence-corrected chi connectivity index (χ1v) is 10.1. The SMILES string of the molecule is CN=C(NCc1cccc(N(C)C)n1)NC1CCCN(c2cccc(OC)c2)C1.I. The maximum absolute atomic E-state index is 5.37. The highest BCUT2D eigenvalue weighted by molar-refractivity contribution is 14.0. The molecule has 1 fully saturated rings. The number of pyridine rings is 1. The van der Waals surface area contributed by atoms with Crippen LogP contribution in [0.5, 0.6) is 5.75 Å². The molecule has 1 atom stereocenters. The number of hydrogen-bond acceptors (Lipinski definition) is 5. The van der Waals surface area contributed by atoms with Crippen LogP contribution in [-0.2, 0) is 6.54 Å². The molecule has 1 aromatic carbocycles. The van der Waals surface area contributed by atoms with Gasteiger partial charge in [-0.15, -0.1) is 24.0 Å². The van der Waals surface area contributed by atoms with E-state index < -0.39 is 0 Å². The number of aromatic nitrogens is 1. The van der Waals surface area contributed by atoms with E-state index in [1.165, 1.54) is 5.69 Å². The summed E-state index contributed by atoms with van der Waals surface area (Å²) >= 11 is 0. The van der Waals surface area contributed by atoms with Gasteiger partial charge in [-0.1, -0.05) is 12.1 Å². The largest absolute Gasteiger partial charge is 0.497 e. The molecule has 2 N–H and O–H groups in total. The molecule has 1 unspecified atom stereocenters. The minimum atomic E-state index is 0. The van der Waals surface area contributed by atoms with Crippen molar-refractivity contribution >= 4 is 41.4 Å². The van der Waals surface area contributed by atoms with Crippen molar-refractivity contribution in [3.63, 3.8) is 0 Å². The molecule has 1 aliphatic rings. The molecule has 8 heteroatoms. The van der Waals surface area contributed by atoms with Gasteiger partial charge in [0.1, 0.15) is 11.6 Å². The van der Waals surface area contributed by atoms with Crippen LogP contribution in [0.1, 0.15) is 18.5 Å². The maximum atomic E-state index is 5.37. The predicted molar refractivity (Wildman–Crippen MR) is 136 cm³/mol. The third-order valence-corrected chi connectivity index (χ3v) is 5.09. The molecule has 0 amide bonds. The first-order valence-electron chi connectivity index (χ1n) is 10.1. The molecule has 0 saturated carbocycles. The Labute approximate surface area is 196 Å². The highest BCUT2D eigenvalue weighted by Gasteiger charge is 2.21. The van der Waals surface area contributed by atoms with E-state index in [1.807, 2.05) is 56.4 Å². The zero-order chi connectivity index (χ0) is 20.6. The monoisotopic (exact) mass is 524 g/mol. The van der Waals surface area contributed by atoms with Crippen LogP contribution in [0.2, 0.25) is 0 Å². The van der Waals surface area contributed by atoms with E-state index in [2.05, 4.69) is 37.6 Å². The summed E-state index contributed by atoms with van der Waals surface area (Å²) in [7, 11) is 7.51. The van der Waals surface area contributed by atoms with Gasteiger partial charge < -0.3 is 25.2 Å². The molecule has 1 saturated heterocycles. The first-order chi connectivity index (χ1) is 14.1. The molecule has 0 spiro atoms. The summed E-state index contributed by atoms with van der Waals surface area (Å²) in [6.07, 6.45) is 2.26. The van der Waals surface area contributed by atoms with Crippen LogP contribution < -0.4 is 25.2 Å². The van der Waals surface area contributed by atoms with E-state index in [4.69, 9.17) is 4.74 Å². The van der Waals surface area contributed by atoms with Crippen LogP contribution in [0.15, 0.2) is 47.5 Å². The zero-order valence-corrected chi connectivity index (χ0v) is 20.6. The van der Waals surface area contributed by atoms with E-state index >= 15 is 0 Å². The van der Waals surface area contributed by atoms with Gasteiger partial charge in [0, 0.05) is 52.0 Å². The number of nitrogens with one attached hydrogen (secondary N) is 2. The normalized spacial score (nSPS) is 16.5. The maximum Gasteiger partial charge on any atom is 0.191 e. The Morgan fingerprint density at radius 2 is 2.07 bits per heavy atom. The molecular formula is C22H33IN6O. The topological polar surface area (TPSA) is 65.0 Å². The molecule has 2 heterocycles. The van der Waals surface area contributed by atoms with Crippen LogP contribution in [0, 0.1) is 0 Å². The summed E-state index contributed by atoms with van der Waals surface area (Å²) in [5.74, 6) is 2.65. The van der Waals surface area contributed by atoms with Crippen LogP contribution in [-0.4, -0.2) is 58.3 Å². The van der Waals surface area contributed by atoms with Crippen LogP contribution in [0.25, 0.3) is 0 Å². The molecule has 1 aromatic heterocycles. The summed E-state index contributed by atoms with van der Waals surface area (Å²) in [5, 5.41) is 6.96. The van der Waals surface area contributed by atoms with Gasteiger partial charge in [0.25, 0.3) is 0 Å². The number of benzene rings is 1. The molecule has 30 heavy (non-hydrogen) atoms. The number of nitrogens with zero attached hydrogens (tertiary/aromatic N) is 4. The number of aliphatic imine (C=N–C) groups is 1. The number of halogens is 1. The van der Waals surface area contributed by atoms with Crippen molar-refractivity contribution < 1.29 is 4.74 Å². The second-order valence-corrected chi connectivity index (χ2v) is 7.44. The van der Waals surface area contributed by atoms with Crippen LogP contribution in [0.4, 0.5) is 11.5 Å². The molecule has 1 aliphatic heterocycles. The van der Waals surface area contributed by atoms with Gasteiger partial charge in [0.05, 0.1) is 19.3 Å². The Kier molecular flexibility index (Phi) is 9.48. The summed E-state index contributed by atoms with van der Waals surface area (Å²) in [5.41, 5.74) is 2.18. The summed E-state index contributed by atoms with van der Waals surface area (Å²) < 4.78 is 5.37. The van der Waals surface area contributed by atoms with E-state index in [9.17, 15) is 0 Å². The van der Waals surface area contributed by atoms with Crippen molar-refractivity contribution in [1.29, 1.82) is 0 Å². The minimum Gasteiger partial charge on any atom is -0.497 e. The van der Waals surface area contributed by atoms with Crippen molar-refractivity contribution in [2.24, 2.45) is 4.99 Å². The summed E-state index contributed by atoms with van der Waals surface area (Å²) in [4.78, 5) is 13.5. The fourth-order valence-corrected chi connectivity index (χ4v) is 3.51. The Morgan fingerprint density at radius 1 is 1.27 bits per heavy atom. The molecular weight excluding hydrogens is 491 g/mol. The quantitative estimate of drug-likeness (QED) is 0.344. The molecule has 2 aromatic rings. The smallest absolute Gasteiger partial charge is 0.191 e. The van der Waals surface area contributed by atoms with Crippen molar-refractivity contribution in [1.82, 2.24) is 15.6 Å². The average Bonchev–Trinajstić information content (AvgIpc) is 2.77. The highest BCUT2D eigenvalue weighted by Crippen LogP contribution is 2.24. The fraction of sp³-hybridized carbons (Fsp3) is 0.455. The van der Waals surface area contributed by atoms with Crippen LogP contribution >= 0.6 is 24.0 Å². The van der Waals surface area contributed by atoms with Crippen molar-refractivity contribution in [3.8, 4) is 5.75 Å². The lowest BCUT2D eigenvalue weighted by molar-refractivity contribution is 0.414. The summed E-state index contributed by atoms with van der Waals surface area (Å²) in [6, 6.07) is 14.7. The Morgan fingerprint density at radius 3 is 2.80 bits per heavy atom. The third kappa shape index (κ3) is 6.65. The zero-order valence-electron chi connectivity index (χ0n) is 18.3. The Bertz CT molecular complexity index is 829. The van der Waals surface area contributed by atoms with Gasteiger partial charge >= 0.3 is 0 Å².